The number of rotatable bonds is 4. The maximum atomic E-state index is 10.8. The fourth-order valence-corrected chi connectivity index (χ4v) is 3.28. The topological polar surface area (TPSA) is 75.3 Å². The number of carboxylic acids is 1. The lowest BCUT2D eigenvalue weighted by Gasteiger charge is -2.22. The molecule has 0 aromatic heterocycles. The van der Waals surface area contributed by atoms with Crippen molar-refractivity contribution in [3.63, 3.8) is 0 Å². The molecule has 0 atom stereocenters. The van der Waals surface area contributed by atoms with Crippen molar-refractivity contribution in [1.29, 1.82) is 0 Å². The zero-order valence-electron chi connectivity index (χ0n) is 10.2. The highest BCUT2D eigenvalue weighted by Crippen LogP contribution is 2.24. The van der Waals surface area contributed by atoms with Gasteiger partial charge in [0, 0.05) is 17.9 Å². The molecule has 1 heterocycles. The van der Waals surface area contributed by atoms with Crippen molar-refractivity contribution < 1.29 is 9.90 Å². The first-order valence-corrected chi connectivity index (χ1v) is 7.26. The van der Waals surface area contributed by atoms with Gasteiger partial charge in [-0.05, 0) is 48.5 Å². The Hall–Kier alpha value is -1.36. The number of benzene rings is 1. The smallest absolute Gasteiger partial charge is 0.337 e. The van der Waals surface area contributed by atoms with Crippen LogP contribution in [0.5, 0.6) is 0 Å². The Morgan fingerprint density at radius 3 is 2.78 bits per heavy atom. The Balaban J connectivity index is 1.93. The highest BCUT2D eigenvalue weighted by Gasteiger charge is 2.13. The number of hydrogen-bond acceptors (Lipinski definition) is 4. The lowest BCUT2D eigenvalue weighted by Crippen LogP contribution is -2.19. The molecule has 5 heteroatoms. The lowest BCUT2D eigenvalue weighted by molar-refractivity contribution is 0.0698. The molecular formula is C13H18N2O2S. The maximum absolute atomic E-state index is 10.8. The third-order valence-electron chi connectivity index (χ3n) is 3.22. The molecule has 1 aromatic rings. The molecule has 0 unspecified atom stereocenters. The van der Waals surface area contributed by atoms with Crippen molar-refractivity contribution in [1.82, 2.24) is 0 Å². The van der Waals surface area contributed by atoms with Crippen LogP contribution in [-0.4, -0.2) is 29.1 Å². The number of nitrogens with two attached hydrogens (primary N) is 1. The van der Waals surface area contributed by atoms with Gasteiger partial charge in [-0.2, -0.15) is 11.8 Å². The minimum atomic E-state index is -0.983. The number of nitrogens with one attached hydrogen (secondary N) is 1. The summed E-state index contributed by atoms with van der Waals surface area (Å²) in [7, 11) is 0. The molecule has 1 aromatic carbocycles. The molecule has 0 amide bonds. The predicted molar refractivity (Wildman–Crippen MR) is 76.4 cm³/mol. The molecule has 1 aliphatic heterocycles. The van der Waals surface area contributed by atoms with E-state index >= 15 is 0 Å². The molecule has 2 rings (SSSR count). The summed E-state index contributed by atoms with van der Waals surface area (Å²) in [4.78, 5) is 10.8. The second-order valence-electron chi connectivity index (χ2n) is 4.54. The number of hydrogen-bond donors (Lipinski definition) is 3. The summed E-state index contributed by atoms with van der Waals surface area (Å²) in [5.41, 5.74) is 7.08. The molecule has 4 nitrogen and oxygen atoms in total. The van der Waals surface area contributed by atoms with Crippen LogP contribution in [0.1, 0.15) is 23.2 Å². The molecule has 4 N–H and O–H groups in total. The van der Waals surface area contributed by atoms with Crippen molar-refractivity contribution in [2.24, 2.45) is 5.92 Å². The molecule has 0 bridgehead atoms. The number of carboxylic acid groups (broad SMARTS) is 1. The Morgan fingerprint density at radius 1 is 1.44 bits per heavy atom. The molecule has 1 saturated heterocycles. The summed E-state index contributed by atoms with van der Waals surface area (Å²) in [6.07, 6.45) is 2.50. The maximum Gasteiger partial charge on any atom is 0.337 e. The van der Waals surface area contributed by atoms with Gasteiger partial charge in [-0.15, -0.1) is 0 Å². The Morgan fingerprint density at radius 2 is 2.17 bits per heavy atom. The Labute approximate surface area is 111 Å². The van der Waals surface area contributed by atoms with Crippen molar-refractivity contribution in [2.75, 3.05) is 29.1 Å². The summed E-state index contributed by atoms with van der Waals surface area (Å²) in [6, 6.07) is 5.02. The van der Waals surface area contributed by atoms with Crippen LogP contribution < -0.4 is 11.1 Å². The van der Waals surface area contributed by atoms with Gasteiger partial charge >= 0.3 is 5.97 Å². The van der Waals surface area contributed by atoms with Crippen LogP contribution in [-0.2, 0) is 0 Å². The molecule has 98 valence electrons. The third kappa shape index (κ3) is 3.32. The van der Waals surface area contributed by atoms with Crippen molar-refractivity contribution in [3.8, 4) is 0 Å². The van der Waals surface area contributed by atoms with Crippen molar-refractivity contribution >= 4 is 29.1 Å². The largest absolute Gasteiger partial charge is 0.478 e. The molecule has 0 saturated carbocycles. The van der Waals surface area contributed by atoms with Crippen LogP contribution in [0.3, 0.4) is 0 Å². The van der Waals surface area contributed by atoms with Gasteiger partial charge in [0.05, 0.1) is 5.56 Å². The molecule has 0 aliphatic carbocycles. The Bertz CT molecular complexity index is 431. The number of carbonyl (C=O) groups is 1. The first kappa shape index (κ1) is 13.1. The minimum Gasteiger partial charge on any atom is -0.478 e. The zero-order valence-corrected chi connectivity index (χ0v) is 11.0. The summed E-state index contributed by atoms with van der Waals surface area (Å²) in [5, 5.41) is 12.2. The van der Waals surface area contributed by atoms with Gasteiger partial charge in [0.15, 0.2) is 0 Å². The van der Waals surface area contributed by atoms with Crippen molar-refractivity contribution in [2.45, 2.75) is 12.8 Å². The van der Waals surface area contributed by atoms with E-state index in [1.807, 2.05) is 11.8 Å². The standard InChI is InChI=1S/C13H18N2O2S/c14-12-7-10(1-2-11(12)13(16)17)15-8-9-3-5-18-6-4-9/h1-2,7,9,15H,3-6,8,14H2,(H,16,17). The molecule has 1 aliphatic rings. The first-order chi connectivity index (χ1) is 8.66. The molecule has 1 fully saturated rings. The number of anilines is 2. The third-order valence-corrected chi connectivity index (χ3v) is 4.27. The molecule has 0 spiro atoms. The summed E-state index contributed by atoms with van der Waals surface area (Å²) in [6.45, 7) is 0.937. The monoisotopic (exact) mass is 266 g/mol. The van der Waals surface area contributed by atoms with Crippen LogP contribution in [0, 0.1) is 5.92 Å². The number of nitrogen functional groups attached to an aromatic ring is 1. The van der Waals surface area contributed by atoms with Crippen LogP contribution in [0.4, 0.5) is 11.4 Å². The predicted octanol–water partition coefficient (Wildman–Crippen LogP) is 2.52. The van der Waals surface area contributed by atoms with E-state index in [2.05, 4.69) is 5.32 Å². The van der Waals surface area contributed by atoms with Crippen molar-refractivity contribution in [3.05, 3.63) is 23.8 Å². The van der Waals surface area contributed by atoms with E-state index < -0.39 is 5.97 Å². The van der Waals surface area contributed by atoms with E-state index in [9.17, 15) is 4.79 Å². The van der Waals surface area contributed by atoms with Crippen LogP contribution >= 0.6 is 11.8 Å². The molecule has 0 radical (unpaired) electrons. The van der Waals surface area contributed by atoms with E-state index in [-0.39, 0.29) is 5.56 Å². The summed E-state index contributed by atoms with van der Waals surface area (Å²) >= 11 is 2.01. The SMILES string of the molecule is Nc1cc(NCC2CCSCC2)ccc1C(=O)O. The highest BCUT2D eigenvalue weighted by atomic mass is 32.2. The minimum absolute atomic E-state index is 0.162. The van der Waals surface area contributed by atoms with Gasteiger partial charge in [-0.1, -0.05) is 0 Å². The van der Waals surface area contributed by atoms with E-state index in [1.54, 1.807) is 18.2 Å². The van der Waals surface area contributed by atoms with Gasteiger partial charge in [-0.3, -0.25) is 0 Å². The van der Waals surface area contributed by atoms with Gasteiger partial charge < -0.3 is 16.2 Å². The summed E-state index contributed by atoms with van der Waals surface area (Å²) < 4.78 is 0. The van der Waals surface area contributed by atoms with Gasteiger partial charge in [0.2, 0.25) is 0 Å². The number of thioether (sulfide) groups is 1. The van der Waals surface area contributed by atoms with Crippen LogP contribution in [0.25, 0.3) is 0 Å². The quantitative estimate of drug-likeness (QED) is 0.730. The summed E-state index contributed by atoms with van der Waals surface area (Å²) in [5.74, 6) is 2.22. The zero-order chi connectivity index (χ0) is 13.0. The second-order valence-corrected chi connectivity index (χ2v) is 5.77. The first-order valence-electron chi connectivity index (χ1n) is 6.11. The van der Waals surface area contributed by atoms with E-state index in [0.29, 0.717) is 11.6 Å². The van der Waals surface area contributed by atoms with Crippen LogP contribution in [0.15, 0.2) is 18.2 Å². The average Bonchev–Trinajstić information content (AvgIpc) is 2.37. The number of aromatic carboxylic acids is 1. The van der Waals surface area contributed by atoms with Gasteiger partial charge in [-0.25, -0.2) is 4.79 Å². The molecule has 18 heavy (non-hydrogen) atoms. The fraction of sp³-hybridized carbons (Fsp3) is 0.462. The van der Waals surface area contributed by atoms with Gasteiger partial charge in [0.1, 0.15) is 0 Å². The van der Waals surface area contributed by atoms with E-state index in [4.69, 9.17) is 10.8 Å². The highest BCUT2D eigenvalue weighted by molar-refractivity contribution is 7.99. The Kier molecular flexibility index (Phi) is 4.36. The second kappa shape index (κ2) is 6.00. The average molecular weight is 266 g/mol. The van der Waals surface area contributed by atoms with Crippen LogP contribution in [0.2, 0.25) is 0 Å². The van der Waals surface area contributed by atoms with E-state index in [1.165, 1.54) is 24.3 Å². The normalized spacial score (nSPS) is 16.4. The lowest BCUT2D eigenvalue weighted by atomic mass is 10.0. The van der Waals surface area contributed by atoms with E-state index in [0.717, 1.165) is 12.2 Å². The fourth-order valence-electron chi connectivity index (χ4n) is 2.08. The van der Waals surface area contributed by atoms with Gasteiger partial charge in [0.25, 0.3) is 0 Å². The molecular weight excluding hydrogens is 248 g/mol.